The van der Waals surface area contributed by atoms with Crippen LogP contribution in [0.4, 0.5) is 0 Å². The minimum absolute atomic E-state index is 0.679. The van der Waals surface area contributed by atoms with Gasteiger partial charge in [-0.3, -0.25) is 5.32 Å². The highest BCUT2D eigenvalue weighted by Gasteiger charge is 2.20. The summed E-state index contributed by atoms with van der Waals surface area (Å²) in [5.41, 5.74) is 2.61. The van der Waals surface area contributed by atoms with Crippen LogP contribution >= 0.6 is 0 Å². The summed E-state index contributed by atoms with van der Waals surface area (Å²) >= 11 is 0. The lowest BCUT2D eigenvalue weighted by Gasteiger charge is -2.19. The second-order valence-electron chi connectivity index (χ2n) is 7.08. The molecule has 0 unspecified atom stereocenters. The maximum atomic E-state index is 4.98. The second-order valence-corrected chi connectivity index (χ2v) is 7.08. The number of fused-ring (bicyclic) bond motifs is 1. The second kappa shape index (κ2) is 7.85. The molecule has 0 amide bonds. The van der Waals surface area contributed by atoms with E-state index in [4.69, 9.17) is 5.32 Å². The largest absolute Gasteiger partial charge is 0.257 e. The highest BCUT2D eigenvalue weighted by Crippen LogP contribution is 2.27. The zero-order chi connectivity index (χ0) is 15.2. The van der Waals surface area contributed by atoms with Crippen LogP contribution in [0.1, 0.15) is 77.6 Å². The van der Waals surface area contributed by atoms with Crippen LogP contribution in [0.5, 0.6) is 0 Å². The van der Waals surface area contributed by atoms with E-state index in [0.717, 1.165) is 0 Å². The van der Waals surface area contributed by atoms with Crippen molar-refractivity contribution in [1.29, 1.82) is 0 Å². The third-order valence-electron chi connectivity index (χ3n) is 5.37. The van der Waals surface area contributed by atoms with E-state index in [-0.39, 0.29) is 0 Å². The smallest absolute Gasteiger partial charge is 0.0516 e. The van der Waals surface area contributed by atoms with Crippen molar-refractivity contribution >= 4 is 11.4 Å². The van der Waals surface area contributed by atoms with Crippen molar-refractivity contribution in [2.45, 2.75) is 77.6 Å². The first-order valence-corrected chi connectivity index (χ1v) is 9.38. The zero-order valence-corrected chi connectivity index (χ0v) is 14.1. The summed E-state index contributed by atoms with van der Waals surface area (Å²) in [5.74, 6) is 0.679. The van der Waals surface area contributed by atoms with Crippen molar-refractivity contribution < 1.29 is 0 Å². The quantitative estimate of drug-likeness (QED) is 0.726. The van der Waals surface area contributed by atoms with Crippen LogP contribution in [-0.4, -0.2) is 0 Å². The van der Waals surface area contributed by atoms with Crippen molar-refractivity contribution in [3.05, 3.63) is 34.7 Å². The summed E-state index contributed by atoms with van der Waals surface area (Å²) in [6.45, 7) is 2.17. The summed E-state index contributed by atoms with van der Waals surface area (Å²) in [4.78, 5) is 0. The molecule has 0 saturated heterocycles. The van der Waals surface area contributed by atoms with Gasteiger partial charge in [0.25, 0.3) is 0 Å². The summed E-state index contributed by atoms with van der Waals surface area (Å²) in [6.07, 6.45) is 15.5. The van der Waals surface area contributed by atoms with Gasteiger partial charge in [0.05, 0.1) is 5.70 Å². The van der Waals surface area contributed by atoms with Crippen LogP contribution in [0.2, 0.25) is 0 Å². The van der Waals surface area contributed by atoms with E-state index in [9.17, 15) is 0 Å². The molecule has 0 bridgehead atoms. The summed E-state index contributed by atoms with van der Waals surface area (Å²) in [7, 11) is 0. The van der Waals surface area contributed by atoms with Crippen molar-refractivity contribution in [1.82, 2.24) is 5.32 Å². The van der Waals surface area contributed by atoms with Gasteiger partial charge in [0.1, 0.15) is 0 Å². The topological polar surface area (TPSA) is 14.1 Å². The van der Waals surface area contributed by atoms with Crippen LogP contribution in [0.25, 0.3) is 11.4 Å². The highest BCUT2D eigenvalue weighted by molar-refractivity contribution is 5.63. The maximum Gasteiger partial charge on any atom is 0.0516 e. The Bertz CT molecular complexity index is 587. The molecule has 2 aliphatic rings. The lowest BCUT2D eigenvalue weighted by atomic mass is 9.90. The summed E-state index contributed by atoms with van der Waals surface area (Å²) in [6, 6.07) is 8.82. The lowest BCUT2D eigenvalue weighted by Crippen LogP contribution is -2.25. The van der Waals surface area contributed by atoms with E-state index in [0.29, 0.717) is 5.92 Å². The van der Waals surface area contributed by atoms with Gasteiger partial charge in [-0.25, -0.2) is 0 Å². The van der Waals surface area contributed by atoms with Crippen molar-refractivity contribution in [2.24, 2.45) is 5.92 Å². The van der Waals surface area contributed by atoms with Gasteiger partial charge in [-0.15, -0.1) is 0 Å². The molecule has 0 spiro atoms. The van der Waals surface area contributed by atoms with E-state index in [1.54, 1.807) is 0 Å². The van der Waals surface area contributed by atoms with E-state index >= 15 is 0 Å². The Hall–Kier alpha value is -1.24. The van der Waals surface area contributed by atoms with Gasteiger partial charge >= 0.3 is 0 Å². The lowest BCUT2D eigenvalue weighted by molar-refractivity contribution is 0.450. The van der Waals surface area contributed by atoms with Gasteiger partial charge < -0.3 is 0 Å². The molecule has 1 aliphatic heterocycles. The molecule has 1 heteroatoms. The van der Waals surface area contributed by atoms with Gasteiger partial charge in [0, 0.05) is 22.1 Å². The molecule has 1 nitrogen and oxygen atoms in total. The van der Waals surface area contributed by atoms with Gasteiger partial charge in [-0.1, -0.05) is 82.1 Å². The van der Waals surface area contributed by atoms with E-state index in [2.05, 4.69) is 31.2 Å². The predicted octanol–water partition coefficient (Wildman–Crippen LogP) is 4.46. The zero-order valence-electron chi connectivity index (χ0n) is 14.1. The number of nitrogens with zero attached hydrogens (tertiary/aromatic N) is 1. The minimum atomic E-state index is 0.679. The van der Waals surface area contributed by atoms with E-state index in [1.165, 1.54) is 92.5 Å². The molecule has 1 aromatic rings. The number of rotatable bonds is 1. The Balaban J connectivity index is 1.79. The van der Waals surface area contributed by atoms with Crippen LogP contribution in [0.15, 0.2) is 24.3 Å². The van der Waals surface area contributed by atoms with Gasteiger partial charge in [0.15, 0.2) is 0 Å². The fourth-order valence-corrected chi connectivity index (χ4v) is 4.07. The van der Waals surface area contributed by atoms with Gasteiger partial charge in [-0.2, -0.15) is 0 Å². The van der Waals surface area contributed by atoms with Crippen molar-refractivity contribution in [2.75, 3.05) is 0 Å². The fourth-order valence-electron chi connectivity index (χ4n) is 4.07. The number of hydrogen-bond donors (Lipinski definition) is 0. The molecular formula is C21H30N. The number of hydrogen-bond acceptors (Lipinski definition) is 0. The molecule has 1 heterocycles. The first kappa shape index (κ1) is 15.6. The molecule has 3 rings (SSSR count). The molecule has 1 radical (unpaired) electrons. The van der Waals surface area contributed by atoms with Gasteiger partial charge in [-0.05, 0) is 19.8 Å². The van der Waals surface area contributed by atoms with Crippen LogP contribution < -0.4 is 15.8 Å². The Labute approximate surface area is 135 Å². The molecule has 0 N–H and O–H groups in total. The first-order valence-electron chi connectivity index (χ1n) is 9.38. The monoisotopic (exact) mass is 296 g/mol. The van der Waals surface area contributed by atoms with Gasteiger partial charge in [0.2, 0.25) is 0 Å². The maximum absolute atomic E-state index is 4.98. The molecule has 22 heavy (non-hydrogen) atoms. The molecule has 1 aromatic carbocycles. The minimum Gasteiger partial charge on any atom is -0.257 e. The SMILES string of the molecule is CC1=c2ccccc2=C(C2CCCCCCCCCCC2)[N]1. The Morgan fingerprint density at radius 1 is 0.727 bits per heavy atom. The standard InChI is InChI=1S/C21H30N/c1-17-19-15-11-12-16-20(19)21(22-17)18-13-9-7-5-3-2-4-6-8-10-14-18/h11-12,15-16,18H,2-10,13-14H2,1H3. The van der Waals surface area contributed by atoms with Crippen LogP contribution in [0.3, 0.4) is 0 Å². The highest BCUT2D eigenvalue weighted by atomic mass is 14.9. The fraction of sp³-hybridized carbons (Fsp3) is 0.619. The molecule has 1 fully saturated rings. The normalized spacial score (nSPS) is 21.7. The number of benzene rings is 1. The summed E-state index contributed by atoms with van der Waals surface area (Å²) in [5, 5.41) is 7.76. The molecule has 119 valence electrons. The molecule has 1 saturated carbocycles. The molecule has 0 aromatic heterocycles. The van der Waals surface area contributed by atoms with Crippen molar-refractivity contribution in [3.63, 3.8) is 0 Å². The van der Waals surface area contributed by atoms with Crippen LogP contribution in [0, 0.1) is 5.92 Å². The Morgan fingerprint density at radius 3 is 1.82 bits per heavy atom. The third-order valence-corrected chi connectivity index (χ3v) is 5.37. The van der Waals surface area contributed by atoms with E-state index in [1.807, 2.05) is 0 Å². The van der Waals surface area contributed by atoms with Crippen LogP contribution in [-0.2, 0) is 0 Å². The van der Waals surface area contributed by atoms with E-state index < -0.39 is 0 Å². The summed E-state index contributed by atoms with van der Waals surface area (Å²) < 4.78 is 0. The molecular weight excluding hydrogens is 266 g/mol. The molecule has 0 atom stereocenters. The average Bonchev–Trinajstić information content (AvgIpc) is 2.86. The Kier molecular flexibility index (Phi) is 5.58. The Morgan fingerprint density at radius 2 is 1.23 bits per heavy atom. The predicted molar refractivity (Wildman–Crippen MR) is 94.6 cm³/mol. The first-order chi connectivity index (χ1) is 10.9. The third kappa shape index (κ3) is 3.74. The van der Waals surface area contributed by atoms with Crippen molar-refractivity contribution in [3.8, 4) is 0 Å². The molecule has 1 aliphatic carbocycles. The average molecular weight is 296 g/mol.